The molecule has 1 amide bonds. The van der Waals surface area contributed by atoms with Crippen molar-refractivity contribution in [2.75, 3.05) is 19.8 Å². The summed E-state index contributed by atoms with van der Waals surface area (Å²) in [6, 6.07) is -0.894. The molecule has 0 rings (SSSR count). The lowest BCUT2D eigenvalue weighted by molar-refractivity contribution is -0.142. The molecular formula is C7H14N2O4. The van der Waals surface area contributed by atoms with E-state index in [1.54, 1.807) is 0 Å². The summed E-state index contributed by atoms with van der Waals surface area (Å²) in [4.78, 5) is 21.2. The molecule has 0 heterocycles. The van der Waals surface area contributed by atoms with Gasteiger partial charge < -0.3 is 20.9 Å². The molecule has 0 saturated carbocycles. The Morgan fingerprint density at radius 2 is 2.23 bits per heavy atom. The summed E-state index contributed by atoms with van der Waals surface area (Å²) in [6.45, 7) is 1.84. The maximum Gasteiger partial charge on any atom is 0.325 e. The molecule has 0 fully saturated rings. The molecule has 0 bridgehead atoms. The summed E-state index contributed by atoms with van der Waals surface area (Å²) in [7, 11) is 0. The van der Waals surface area contributed by atoms with Crippen LogP contribution in [0.15, 0.2) is 0 Å². The molecule has 76 valence electrons. The van der Waals surface area contributed by atoms with Gasteiger partial charge in [0.15, 0.2) is 0 Å². The molecule has 4 N–H and O–H groups in total. The summed E-state index contributed by atoms with van der Waals surface area (Å²) in [5.41, 5.74) is 5.11. The Balaban J connectivity index is 3.56. The van der Waals surface area contributed by atoms with Crippen LogP contribution >= 0.6 is 0 Å². The van der Waals surface area contributed by atoms with E-state index in [1.165, 1.54) is 6.92 Å². The summed E-state index contributed by atoms with van der Waals surface area (Å²) in [5, 5.41) is 10.7. The van der Waals surface area contributed by atoms with Gasteiger partial charge in [-0.1, -0.05) is 0 Å². The third kappa shape index (κ3) is 6.06. The Morgan fingerprint density at radius 1 is 1.62 bits per heavy atom. The maximum absolute atomic E-state index is 10.9. The standard InChI is InChI=1S/C7H14N2O4/c1-5(7(11)12)9-6(10)4-13-3-2-8/h5H,2-4,8H2,1H3,(H,9,10)(H,11,12)/t5-/m1/s1. The number of carboxylic acid groups (broad SMARTS) is 1. The normalized spacial score (nSPS) is 12.2. The highest BCUT2D eigenvalue weighted by Gasteiger charge is 2.13. The van der Waals surface area contributed by atoms with Crippen molar-refractivity contribution >= 4 is 11.9 Å². The van der Waals surface area contributed by atoms with Crippen LogP contribution in [0.4, 0.5) is 0 Å². The largest absolute Gasteiger partial charge is 0.480 e. The Labute approximate surface area is 76.0 Å². The molecule has 1 atom stereocenters. The molecule has 0 aliphatic rings. The van der Waals surface area contributed by atoms with Gasteiger partial charge in [0.2, 0.25) is 5.91 Å². The Bertz CT molecular complexity index is 183. The van der Waals surface area contributed by atoms with E-state index in [4.69, 9.17) is 15.6 Å². The van der Waals surface area contributed by atoms with E-state index in [1.807, 2.05) is 0 Å². The van der Waals surface area contributed by atoms with Gasteiger partial charge in [0.05, 0.1) is 6.61 Å². The van der Waals surface area contributed by atoms with Crippen molar-refractivity contribution in [3.63, 3.8) is 0 Å². The van der Waals surface area contributed by atoms with Crippen LogP contribution in [0.5, 0.6) is 0 Å². The molecule has 0 aromatic rings. The number of rotatable bonds is 6. The van der Waals surface area contributed by atoms with Gasteiger partial charge in [0, 0.05) is 6.54 Å². The predicted molar refractivity (Wildman–Crippen MR) is 45.1 cm³/mol. The minimum Gasteiger partial charge on any atom is -0.480 e. The first-order valence-electron chi connectivity index (χ1n) is 3.88. The average Bonchev–Trinajstić information content (AvgIpc) is 2.04. The third-order valence-corrected chi connectivity index (χ3v) is 1.24. The smallest absolute Gasteiger partial charge is 0.325 e. The number of carboxylic acids is 1. The van der Waals surface area contributed by atoms with E-state index in [0.29, 0.717) is 6.54 Å². The van der Waals surface area contributed by atoms with Crippen molar-refractivity contribution < 1.29 is 19.4 Å². The van der Waals surface area contributed by atoms with Crippen LogP contribution in [0.3, 0.4) is 0 Å². The highest BCUT2D eigenvalue weighted by molar-refractivity contribution is 5.83. The topological polar surface area (TPSA) is 102 Å². The van der Waals surface area contributed by atoms with Gasteiger partial charge in [0.25, 0.3) is 0 Å². The second-order valence-electron chi connectivity index (χ2n) is 2.47. The number of aliphatic carboxylic acids is 1. The SMILES string of the molecule is C[C@@H](NC(=O)COCCN)C(=O)O. The van der Waals surface area contributed by atoms with E-state index in [9.17, 15) is 9.59 Å². The lowest BCUT2D eigenvalue weighted by Crippen LogP contribution is -2.40. The van der Waals surface area contributed by atoms with Gasteiger partial charge in [-0.2, -0.15) is 0 Å². The minimum absolute atomic E-state index is 0.158. The molecular weight excluding hydrogens is 176 g/mol. The van der Waals surface area contributed by atoms with Crippen molar-refractivity contribution in [3.8, 4) is 0 Å². The molecule has 0 aliphatic heterocycles. The van der Waals surface area contributed by atoms with Crippen LogP contribution in [-0.2, 0) is 14.3 Å². The maximum atomic E-state index is 10.9. The molecule has 0 aliphatic carbocycles. The van der Waals surface area contributed by atoms with E-state index in [2.05, 4.69) is 5.32 Å². The molecule has 6 heteroatoms. The number of carbonyl (C=O) groups excluding carboxylic acids is 1. The van der Waals surface area contributed by atoms with E-state index in [0.717, 1.165) is 0 Å². The van der Waals surface area contributed by atoms with Gasteiger partial charge in [-0.15, -0.1) is 0 Å². The van der Waals surface area contributed by atoms with Gasteiger partial charge in [-0.25, -0.2) is 0 Å². The Hall–Kier alpha value is -1.14. The highest BCUT2D eigenvalue weighted by atomic mass is 16.5. The number of hydrogen-bond donors (Lipinski definition) is 3. The molecule has 6 nitrogen and oxygen atoms in total. The van der Waals surface area contributed by atoms with Crippen molar-refractivity contribution in [1.82, 2.24) is 5.32 Å². The molecule has 0 unspecified atom stereocenters. The summed E-state index contributed by atoms with van der Waals surface area (Å²) in [5.74, 6) is -1.53. The second-order valence-corrected chi connectivity index (χ2v) is 2.47. The number of hydrogen-bond acceptors (Lipinski definition) is 4. The number of ether oxygens (including phenoxy) is 1. The van der Waals surface area contributed by atoms with Gasteiger partial charge in [-0.3, -0.25) is 9.59 Å². The molecule has 0 aromatic carbocycles. The highest BCUT2D eigenvalue weighted by Crippen LogP contribution is 1.82. The monoisotopic (exact) mass is 190 g/mol. The van der Waals surface area contributed by atoms with E-state index in [-0.39, 0.29) is 13.2 Å². The fourth-order valence-electron chi connectivity index (χ4n) is 0.593. The van der Waals surface area contributed by atoms with Crippen molar-refractivity contribution in [1.29, 1.82) is 0 Å². The van der Waals surface area contributed by atoms with Gasteiger partial charge >= 0.3 is 5.97 Å². The predicted octanol–water partition coefficient (Wildman–Crippen LogP) is -1.45. The van der Waals surface area contributed by atoms with Crippen LogP contribution in [0, 0.1) is 0 Å². The first-order chi connectivity index (χ1) is 6.07. The fourth-order valence-corrected chi connectivity index (χ4v) is 0.593. The summed E-state index contributed by atoms with van der Waals surface area (Å²) < 4.78 is 4.80. The lowest BCUT2D eigenvalue weighted by Gasteiger charge is -2.08. The summed E-state index contributed by atoms with van der Waals surface area (Å²) >= 11 is 0. The average molecular weight is 190 g/mol. The summed E-state index contributed by atoms with van der Waals surface area (Å²) in [6.07, 6.45) is 0. The van der Waals surface area contributed by atoms with Crippen molar-refractivity contribution in [2.24, 2.45) is 5.73 Å². The molecule has 13 heavy (non-hydrogen) atoms. The molecule has 0 radical (unpaired) electrons. The Kier molecular flexibility index (Phi) is 5.82. The number of amides is 1. The van der Waals surface area contributed by atoms with Gasteiger partial charge in [0.1, 0.15) is 12.6 Å². The van der Waals surface area contributed by atoms with Crippen LogP contribution in [0.25, 0.3) is 0 Å². The first kappa shape index (κ1) is 11.9. The molecule has 0 saturated heterocycles. The third-order valence-electron chi connectivity index (χ3n) is 1.24. The van der Waals surface area contributed by atoms with Crippen molar-refractivity contribution in [2.45, 2.75) is 13.0 Å². The van der Waals surface area contributed by atoms with Crippen molar-refractivity contribution in [3.05, 3.63) is 0 Å². The number of nitrogens with two attached hydrogens (primary N) is 1. The molecule has 0 aromatic heterocycles. The lowest BCUT2D eigenvalue weighted by atomic mass is 10.3. The number of carbonyl (C=O) groups is 2. The Morgan fingerprint density at radius 3 is 2.69 bits per heavy atom. The van der Waals surface area contributed by atoms with Crippen LogP contribution in [0.2, 0.25) is 0 Å². The van der Waals surface area contributed by atoms with Gasteiger partial charge in [-0.05, 0) is 6.92 Å². The quantitative estimate of drug-likeness (QED) is 0.445. The minimum atomic E-state index is -1.08. The zero-order valence-electron chi connectivity index (χ0n) is 7.45. The van der Waals surface area contributed by atoms with E-state index < -0.39 is 17.9 Å². The number of nitrogens with one attached hydrogen (secondary N) is 1. The zero-order chi connectivity index (χ0) is 10.3. The first-order valence-corrected chi connectivity index (χ1v) is 3.88. The van der Waals surface area contributed by atoms with Crippen LogP contribution in [-0.4, -0.2) is 42.8 Å². The fraction of sp³-hybridized carbons (Fsp3) is 0.714. The van der Waals surface area contributed by atoms with Crippen LogP contribution in [0.1, 0.15) is 6.92 Å². The van der Waals surface area contributed by atoms with E-state index >= 15 is 0 Å². The second kappa shape index (κ2) is 6.38. The van der Waals surface area contributed by atoms with Crippen LogP contribution < -0.4 is 11.1 Å². The zero-order valence-corrected chi connectivity index (χ0v) is 7.45. The molecule has 0 spiro atoms.